The standard InChI is InChI=1S/C11H9FN2OS/c12-11(9(13)15,10-14-6-7-16-10)8-4-2-1-3-5-8/h1-7H,(H2,13,15). The summed E-state index contributed by atoms with van der Waals surface area (Å²) in [5.74, 6) is -1.05. The first-order chi connectivity index (χ1) is 7.65. The van der Waals surface area contributed by atoms with E-state index in [2.05, 4.69) is 4.98 Å². The van der Waals surface area contributed by atoms with E-state index in [1.807, 2.05) is 0 Å². The molecule has 0 saturated heterocycles. The lowest BCUT2D eigenvalue weighted by atomic mass is 9.96. The van der Waals surface area contributed by atoms with Crippen molar-refractivity contribution in [2.24, 2.45) is 5.73 Å². The van der Waals surface area contributed by atoms with Crippen LogP contribution in [0.1, 0.15) is 10.6 Å². The van der Waals surface area contributed by atoms with Gasteiger partial charge in [0.15, 0.2) is 0 Å². The number of halogens is 1. The fraction of sp³-hybridized carbons (Fsp3) is 0.0909. The molecule has 1 amide bonds. The average Bonchev–Trinajstić information content (AvgIpc) is 2.82. The Bertz CT molecular complexity index is 486. The summed E-state index contributed by atoms with van der Waals surface area (Å²) in [6.45, 7) is 0. The second kappa shape index (κ2) is 4.02. The largest absolute Gasteiger partial charge is 0.366 e. The molecule has 2 rings (SSSR count). The molecule has 16 heavy (non-hydrogen) atoms. The highest BCUT2D eigenvalue weighted by molar-refractivity contribution is 7.09. The number of alkyl halides is 1. The van der Waals surface area contributed by atoms with Gasteiger partial charge in [0.05, 0.1) is 0 Å². The molecule has 0 radical (unpaired) electrons. The van der Waals surface area contributed by atoms with Crippen LogP contribution in [0, 0.1) is 0 Å². The van der Waals surface area contributed by atoms with Gasteiger partial charge in [-0.1, -0.05) is 30.3 Å². The number of nitrogens with zero attached hydrogens (tertiary/aromatic N) is 1. The first kappa shape index (κ1) is 10.8. The second-order valence-corrected chi connectivity index (χ2v) is 4.12. The van der Waals surface area contributed by atoms with E-state index in [-0.39, 0.29) is 10.6 Å². The molecule has 0 aliphatic rings. The van der Waals surface area contributed by atoms with Gasteiger partial charge >= 0.3 is 0 Å². The van der Waals surface area contributed by atoms with Gasteiger partial charge in [0.2, 0.25) is 0 Å². The van der Waals surface area contributed by atoms with E-state index in [1.165, 1.54) is 18.3 Å². The number of thiazole rings is 1. The van der Waals surface area contributed by atoms with Gasteiger partial charge in [0.25, 0.3) is 11.6 Å². The lowest BCUT2D eigenvalue weighted by Gasteiger charge is -2.19. The zero-order valence-corrected chi connectivity index (χ0v) is 9.08. The van der Waals surface area contributed by atoms with Gasteiger partial charge in [-0.15, -0.1) is 11.3 Å². The molecular formula is C11H9FN2OS. The summed E-state index contributed by atoms with van der Waals surface area (Å²) in [7, 11) is 0. The van der Waals surface area contributed by atoms with Gasteiger partial charge < -0.3 is 5.73 Å². The number of nitrogens with two attached hydrogens (primary N) is 1. The maximum Gasteiger partial charge on any atom is 0.267 e. The van der Waals surface area contributed by atoms with Crippen molar-refractivity contribution in [1.82, 2.24) is 4.98 Å². The highest BCUT2D eigenvalue weighted by atomic mass is 32.1. The molecule has 2 aromatic rings. The van der Waals surface area contributed by atoms with E-state index in [9.17, 15) is 9.18 Å². The molecule has 82 valence electrons. The summed E-state index contributed by atoms with van der Waals surface area (Å²) in [5.41, 5.74) is 3.02. The Kier molecular flexibility index (Phi) is 2.70. The van der Waals surface area contributed by atoms with Gasteiger partial charge in [-0.3, -0.25) is 4.79 Å². The Morgan fingerprint density at radius 2 is 2.06 bits per heavy atom. The van der Waals surface area contributed by atoms with Crippen molar-refractivity contribution in [3.05, 3.63) is 52.5 Å². The summed E-state index contributed by atoms with van der Waals surface area (Å²) in [4.78, 5) is 15.2. The number of carbonyl (C=O) groups is 1. The highest BCUT2D eigenvalue weighted by Crippen LogP contribution is 2.34. The smallest absolute Gasteiger partial charge is 0.267 e. The van der Waals surface area contributed by atoms with Crippen LogP contribution >= 0.6 is 11.3 Å². The predicted octanol–water partition coefficient (Wildman–Crippen LogP) is 1.84. The van der Waals surface area contributed by atoms with E-state index >= 15 is 0 Å². The first-order valence-electron chi connectivity index (χ1n) is 4.60. The third-order valence-electron chi connectivity index (χ3n) is 2.24. The number of rotatable bonds is 3. The van der Waals surface area contributed by atoms with E-state index in [0.29, 0.717) is 0 Å². The lowest BCUT2D eigenvalue weighted by molar-refractivity contribution is -0.127. The van der Waals surface area contributed by atoms with Crippen LogP contribution in [0.5, 0.6) is 0 Å². The third kappa shape index (κ3) is 1.59. The molecule has 0 bridgehead atoms. The predicted molar refractivity (Wildman–Crippen MR) is 59.6 cm³/mol. The van der Waals surface area contributed by atoms with Crippen molar-refractivity contribution in [3.63, 3.8) is 0 Å². The normalized spacial score (nSPS) is 14.3. The molecule has 1 aromatic heterocycles. The van der Waals surface area contributed by atoms with Crippen molar-refractivity contribution in [1.29, 1.82) is 0 Å². The fourth-order valence-corrected chi connectivity index (χ4v) is 2.19. The Labute approximate surface area is 95.7 Å². The zero-order chi connectivity index (χ0) is 11.6. The van der Waals surface area contributed by atoms with Crippen LogP contribution in [0.25, 0.3) is 0 Å². The fourth-order valence-electron chi connectivity index (χ4n) is 1.43. The van der Waals surface area contributed by atoms with E-state index in [1.54, 1.807) is 23.6 Å². The second-order valence-electron chi connectivity index (χ2n) is 3.23. The maximum absolute atomic E-state index is 14.7. The molecule has 0 saturated carbocycles. The molecule has 3 nitrogen and oxygen atoms in total. The molecular weight excluding hydrogens is 227 g/mol. The minimum Gasteiger partial charge on any atom is -0.366 e. The molecule has 1 atom stereocenters. The van der Waals surface area contributed by atoms with Gasteiger partial charge in [-0.25, -0.2) is 9.37 Å². The molecule has 0 spiro atoms. The van der Waals surface area contributed by atoms with Crippen molar-refractivity contribution >= 4 is 17.2 Å². The van der Waals surface area contributed by atoms with Crippen molar-refractivity contribution in [3.8, 4) is 0 Å². The first-order valence-corrected chi connectivity index (χ1v) is 5.48. The highest BCUT2D eigenvalue weighted by Gasteiger charge is 2.43. The van der Waals surface area contributed by atoms with Crippen LogP contribution in [0.2, 0.25) is 0 Å². The Balaban J connectivity index is 2.58. The number of amides is 1. The van der Waals surface area contributed by atoms with Crippen LogP contribution in [-0.4, -0.2) is 10.9 Å². The SMILES string of the molecule is NC(=O)C(F)(c1ccccc1)c1nccs1. The molecule has 1 heterocycles. The quantitative estimate of drug-likeness (QED) is 0.884. The number of hydrogen-bond acceptors (Lipinski definition) is 3. The van der Waals surface area contributed by atoms with Crippen LogP contribution in [0.4, 0.5) is 4.39 Å². The third-order valence-corrected chi connectivity index (χ3v) is 3.11. The average molecular weight is 236 g/mol. The van der Waals surface area contributed by atoms with Crippen LogP contribution in [-0.2, 0) is 10.5 Å². The van der Waals surface area contributed by atoms with Gasteiger partial charge in [-0.2, -0.15) is 0 Å². The van der Waals surface area contributed by atoms with Crippen molar-refractivity contribution in [2.45, 2.75) is 5.67 Å². The summed E-state index contributed by atoms with van der Waals surface area (Å²) in [6, 6.07) is 8.09. The molecule has 5 heteroatoms. The zero-order valence-electron chi connectivity index (χ0n) is 8.26. The maximum atomic E-state index is 14.7. The summed E-state index contributed by atoms with van der Waals surface area (Å²) >= 11 is 1.07. The molecule has 1 aromatic carbocycles. The monoisotopic (exact) mass is 236 g/mol. The van der Waals surface area contributed by atoms with Gasteiger partial charge in [-0.05, 0) is 0 Å². The molecule has 0 fully saturated rings. The minimum atomic E-state index is -2.34. The summed E-state index contributed by atoms with van der Waals surface area (Å²) in [6.07, 6.45) is 1.44. The van der Waals surface area contributed by atoms with Gasteiger partial charge in [0, 0.05) is 17.1 Å². The number of benzene rings is 1. The Morgan fingerprint density at radius 1 is 1.38 bits per heavy atom. The topological polar surface area (TPSA) is 56.0 Å². The number of aromatic nitrogens is 1. The Morgan fingerprint density at radius 3 is 2.56 bits per heavy atom. The van der Waals surface area contributed by atoms with E-state index < -0.39 is 11.6 Å². The van der Waals surface area contributed by atoms with E-state index in [4.69, 9.17) is 5.73 Å². The van der Waals surface area contributed by atoms with Crippen molar-refractivity contribution < 1.29 is 9.18 Å². The Hall–Kier alpha value is -1.75. The number of primary amides is 1. The van der Waals surface area contributed by atoms with Crippen LogP contribution < -0.4 is 5.73 Å². The van der Waals surface area contributed by atoms with Crippen molar-refractivity contribution in [2.75, 3.05) is 0 Å². The molecule has 0 aliphatic carbocycles. The van der Waals surface area contributed by atoms with Gasteiger partial charge in [0.1, 0.15) is 5.01 Å². The minimum absolute atomic E-state index is 0.0613. The van der Waals surface area contributed by atoms with Crippen LogP contribution in [0.3, 0.4) is 0 Å². The lowest BCUT2D eigenvalue weighted by Crippen LogP contribution is -2.38. The molecule has 1 unspecified atom stereocenters. The molecule has 2 N–H and O–H groups in total. The molecule has 0 aliphatic heterocycles. The van der Waals surface area contributed by atoms with E-state index in [0.717, 1.165) is 11.3 Å². The van der Waals surface area contributed by atoms with Crippen LogP contribution in [0.15, 0.2) is 41.9 Å². The summed E-state index contributed by atoms with van der Waals surface area (Å²) < 4.78 is 14.7. The summed E-state index contributed by atoms with van der Waals surface area (Å²) in [5, 5.41) is 1.67. The number of carbonyl (C=O) groups excluding carboxylic acids is 1. The number of hydrogen-bond donors (Lipinski definition) is 1.